The van der Waals surface area contributed by atoms with Gasteiger partial charge in [-0.25, -0.2) is 18.6 Å². The zero-order valence-corrected chi connectivity index (χ0v) is 14.7. The Morgan fingerprint density at radius 3 is 2.48 bits per heavy atom. The minimum absolute atomic E-state index is 0.168. The molecule has 0 saturated heterocycles. The highest BCUT2D eigenvalue weighted by atomic mass is 19.1. The third-order valence-corrected chi connectivity index (χ3v) is 3.28. The SMILES string of the molecule is CCc1ccc(OCC(=O)OC(C)(C)C)nc1-c1ccc(F)cc1F. The number of halogens is 2. The Morgan fingerprint density at radius 1 is 1.16 bits per heavy atom. The molecule has 134 valence electrons. The number of carbonyl (C=O) groups excluding carboxylic acids is 1. The molecule has 0 N–H and O–H groups in total. The molecule has 0 atom stereocenters. The predicted octanol–water partition coefficient (Wildman–Crippen LogP) is 4.31. The average Bonchev–Trinajstić information content (AvgIpc) is 2.51. The van der Waals surface area contributed by atoms with Crippen LogP contribution in [0.1, 0.15) is 33.3 Å². The van der Waals surface area contributed by atoms with Crippen molar-refractivity contribution in [2.45, 2.75) is 39.7 Å². The molecular formula is C19H21F2NO3. The molecule has 25 heavy (non-hydrogen) atoms. The maximum Gasteiger partial charge on any atom is 0.344 e. The van der Waals surface area contributed by atoms with Crippen molar-refractivity contribution in [3.05, 3.63) is 47.5 Å². The quantitative estimate of drug-likeness (QED) is 0.755. The van der Waals surface area contributed by atoms with Gasteiger partial charge in [0.25, 0.3) is 0 Å². The van der Waals surface area contributed by atoms with Crippen LogP contribution in [0.25, 0.3) is 11.3 Å². The first-order chi connectivity index (χ1) is 11.7. The number of pyridine rings is 1. The van der Waals surface area contributed by atoms with Gasteiger partial charge in [-0.2, -0.15) is 0 Å². The summed E-state index contributed by atoms with van der Waals surface area (Å²) in [7, 11) is 0. The highest BCUT2D eigenvalue weighted by Gasteiger charge is 2.18. The standard InChI is InChI=1S/C19H21F2NO3/c1-5-12-6-9-16(24-11-17(23)25-19(2,3)4)22-18(12)14-8-7-13(20)10-15(14)21/h6-10H,5,11H2,1-4H3. The predicted molar refractivity (Wildman–Crippen MR) is 90.3 cm³/mol. The van der Waals surface area contributed by atoms with Crippen LogP contribution < -0.4 is 4.74 Å². The third kappa shape index (κ3) is 5.24. The molecule has 0 radical (unpaired) electrons. The molecule has 0 aliphatic rings. The van der Waals surface area contributed by atoms with E-state index in [4.69, 9.17) is 9.47 Å². The smallest absolute Gasteiger partial charge is 0.344 e. The van der Waals surface area contributed by atoms with E-state index in [0.29, 0.717) is 12.1 Å². The first kappa shape index (κ1) is 18.8. The van der Waals surface area contributed by atoms with Crippen molar-refractivity contribution in [3.63, 3.8) is 0 Å². The second-order valence-electron chi connectivity index (χ2n) is 6.51. The fourth-order valence-electron chi connectivity index (χ4n) is 2.25. The summed E-state index contributed by atoms with van der Waals surface area (Å²) in [6, 6.07) is 6.67. The van der Waals surface area contributed by atoms with Gasteiger partial charge in [0.15, 0.2) is 6.61 Å². The van der Waals surface area contributed by atoms with Crippen LogP contribution in [0.2, 0.25) is 0 Å². The lowest BCUT2D eigenvalue weighted by Crippen LogP contribution is -2.27. The Balaban J connectivity index is 2.24. The molecule has 0 saturated carbocycles. The van der Waals surface area contributed by atoms with Crippen LogP contribution in [0, 0.1) is 11.6 Å². The van der Waals surface area contributed by atoms with Crippen molar-refractivity contribution in [1.82, 2.24) is 4.98 Å². The number of esters is 1. The number of aryl methyl sites for hydroxylation is 1. The zero-order chi connectivity index (χ0) is 18.6. The van der Waals surface area contributed by atoms with Gasteiger partial charge in [0, 0.05) is 17.7 Å². The van der Waals surface area contributed by atoms with Crippen LogP contribution in [0.5, 0.6) is 5.88 Å². The van der Waals surface area contributed by atoms with E-state index in [1.165, 1.54) is 12.1 Å². The average molecular weight is 349 g/mol. The number of hydrogen-bond donors (Lipinski definition) is 0. The summed E-state index contributed by atoms with van der Waals surface area (Å²) in [6.45, 7) is 6.88. The van der Waals surface area contributed by atoms with Crippen molar-refractivity contribution in [2.24, 2.45) is 0 Å². The number of hydrogen-bond acceptors (Lipinski definition) is 4. The molecule has 0 fully saturated rings. The van der Waals surface area contributed by atoms with E-state index in [0.717, 1.165) is 11.6 Å². The Kier molecular flexibility index (Phi) is 5.72. The van der Waals surface area contributed by atoms with Crippen LogP contribution in [0.15, 0.2) is 30.3 Å². The number of carbonyl (C=O) groups is 1. The van der Waals surface area contributed by atoms with E-state index >= 15 is 0 Å². The minimum Gasteiger partial charge on any atom is -0.466 e. The maximum absolute atomic E-state index is 14.1. The summed E-state index contributed by atoms with van der Waals surface area (Å²) in [5.41, 5.74) is 0.722. The lowest BCUT2D eigenvalue weighted by Gasteiger charge is -2.19. The summed E-state index contributed by atoms with van der Waals surface area (Å²) < 4.78 is 37.7. The van der Waals surface area contributed by atoms with Crippen LogP contribution >= 0.6 is 0 Å². The molecule has 0 aliphatic heterocycles. The van der Waals surface area contributed by atoms with Crippen molar-refractivity contribution in [3.8, 4) is 17.1 Å². The molecule has 0 bridgehead atoms. The number of benzene rings is 1. The van der Waals surface area contributed by atoms with E-state index in [1.54, 1.807) is 32.9 Å². The molecule has 6 heteroatoms. The molecule has 1 aromatic heterocycles. The monoisotopic (exact) mass is 349 g/mol. The number of ether oxygens (including phenoxy) is 2. The van der Waals surface area contributed by atoms with E-state index in [9.17, 15) is 13.6 Å². The zero-order valence-electron chi connectivity index (χ0n) is 14.7. The number of rotatable bonds is 5. The van der Waals surface area contributed by atoms with Crippen LogP contribution in [0.4, 0.5) is 8.78 Å². The van der Waals surface area contributed by atoms with Gasteiger partial charge in [-0.15, -0.1) is 0 Å². The molecule has 0 aliphatic carbocycles. The highest BCUT2D eigenvalue weighted by Crippen LogP contribution is 2.27. The summed E-state index contributed by atoms with van der Waals surface area (Å²) in [4.78, 5) is 16.0. The molecular weight excluding hydrogens is 328 g/mol. The summed E-state index contributed by atoms with van der Waals surface area (Å²) in [5, 5.41) is 0. The number of aromatic nitrogens is 1. The van der Waals surface area contributed by atoms with E-state index in [2.05, 4.69) is 4.98 Å². The first-order valence-electron chi connectivity index (χ1n) is 7.99. The first-order valence-corrected chi connectivity index (χ1v) is 7.99. The second-order valence-corrected chi connectivity index (χ2v) is 6.51. The second kappa shape index (κ2) is 7.59. The molecule has 2 aromatic rings. The van der Waals surface area contributed by atoms with Gasteiger partial charge in [0.05, 0.1) is 5.69 Å². The molecule has 1 aromatic carbocycles. The molecule has 0 amide bonds. The van der Waals surface area contributed by atoms with Crippen LogP contribution in [-0.2, 0) is 16.0 Å². The summed E-state index contributed by atoms with van der Waals surface area (Å²) >= 11 is 0. The lowest BCUT2D eigenvalue weighted by atomic mass is 10.0. The molecule has 2 rings (SSSR count). The van der Waals surface area contributed by atoms with E-state index in [1.807, 2.05) is 6.92 Å². The number of nitrogens with zero attached hydrogens (tertiary/aromatic N) is 1. The van der Waals surface area contributed by atoms with E-state index in [-0.39, 0.29) is 18.1 Å². The third-order valence-electron chi connectivity index (χ3n) is 3.28. The Labute approximate surface area is 145 Å². The van der Waals surface area contributed by atoms with Gasteiger partial charge in [0.1, 0.15) is 17.2 Å². The molecule has 4 nitrogen and oxygen atoms in total. The highest BCUT2D eigenvalue weighted by molar-refractivity contribution is 5.71. The van der Waals surface area contributed by atoms with Crippen molar-refractivity contribution >= 4 is 5.97 Å². The van der Waals surface area contributed by atoms with Gasteiger partial charge in [-0.3, -0.25) is 0 Å². The Bertz CT molecular complexity index is 770. The van der Waals surface area contributed by atoms with Crippen molar-refractivity contribution < 1.29 is 23.0 Å². The minimum atomic E-state index is -0.702. The van der Waals surface area contributed by atoms with Crippen LogP contribution in [-0.4, -0.2) is 23.2 Å². The van der Waals surface area contributed by atoms with Gasteiger partial charge < -0.3 is 9.47 Å². The maximum atomic E-state index is 14.1. The fraction of sp³-hybridized carbons (Fsp3) is 0.368. The van der Waals surface area contributed by atoms with Crippen molar-refractivity contribution in [1.29, 1.82) is 0 Å². The molecule has 0 unspecified atom stereocenters. The topological polar surface area (TPSA) is 48.4 Å². The van der Waals surface area contributed by atoms with E-state index < -0.39 is 23.2 Å². The lowest BCUT2D eigenvalue weighted by molar-refractivity contribution is -0.157. The summed E-state index contributed by atoms with van der Waals surface area (Å²) in [5.74, 6) is -1.71. The normalized spacial score (nSPS) is 11.3. The largest absolute Gasteiger partial charge is 0.466 e. The molecule has 0 spiro atoms. The molecule has 1 heterocycles. The van der Waals surface area contributed by atoms with Gasteiger partial charge in [0.2, 0.25) is 5.88 Å². The van der Waals surface area contributed by atoms with Gasteiger partial charge in [-0.05, 0) is 44.9 Å². The summed E-state index contributed by atoms with van der Waals surface area (Å²) in [6.07, 6.45) is 0.617. The van der Waals surface area contributed by atoms with Crippen LogP contribution in [0.3, 0.4) is 0 Å². The van der Waals surface area contributed by atoms with Gasteiger partial charge in [-0.1, -0.05) is 13.0 Å². The van der Waals surface area contributed by atoms with Gasteiger partial charge >= 0.3 is 5.97 Å². The van der Waals surface area contributed by atoms with Crippen molar-refractivity contribution in [2.75, 3.05) is 6.61 Å². The Hall–Kier alpha value is -2.50. The Morgan fingerprint density at radius 2 is 1.88 bits per heavy atom. The fourth-order valence-corrected chi connectivity index (χ4v) is 2.25.